The molecule has 0 saturated heterocycles. The fraction of sp³-hybridized carbons (Fsp3) is 0.100. The van der Waals surface area contributed by atoms with Gasteiger partial charge < -0.3 is 15.4 Å². The van der Waals surface area contributed by atoms with E-state index in [1.165, 1.54) is 18.3 Å². The summed E-state index contributed by atoms with van der Waals surface area (Å²) in [7, 11) is 0. The SMILES string of the molecule is CC(=O)Nc1ccc(NC(=O)c2cc(COc3ccc(Cl)cc3)cs2)cc1. The number of amides is 2. The van der Waals surface area contributed by atoms with E-state index in [1.54, 1.807) is 48.5 Å². The quantitative estimate of drug-likeness (QED) is 0.598. The third kappa shape index (κ3) is 5.57. The van der Waals surface area contributed by atoms with Crippen molar-refractivity contribution in [3.8, 4) is 5.75 Å². The van der Waals surface area contributed by atoms with E-state index in [2.05, 4.69) is 10.6 Å². The van der Waals surface area contributed by atoms with Crippen molar-refractivity contribution in [3.05, 3.63) is 75.4 Å². The molecule has 0 unspecified atom stereocenters. The third-order valence-electron chi connectivity index (χ3n) is 3.56. The zero-order chi connectivity index (χ0) is 19.2. The molecule has 0 fully saturated rings. The van der Waals surface area contributed by atoms with Crippen molar-refractivity contribution < 1.29 is 14.3 Å². The van der Waals surface area contributed by atoms with Crippen molar-refractivity contribution in [1.82, 2.24) is 0 Å². The highest BCUT2D eigenvalue weighted by Crippen LogP contribution is 2.21. The molecule has 0 atom stereocenters. The Morgan fingerprint density at radius 1 is 1.00 bits per heavy atom. The van der Waals surface area contributed by atoms with Crippen molar-refractivity contribution in [3.63, 3.8) is 0 Å². The predicted molar refractivity (Wildman–Crippen MR) is 109 cm³/mol. The molecule has 1 aromatic heterocycles. The molecule has 5 nitrogen and oxygen atoms in total. The summed E-state index contributed by atoms with van der Waals surface area (Å²) in [6.07, 6.45) is 0. The second-order valence-corrected chi connectivity index (χ2v) is 7.12. The Labute approximate surface area is 165 Å². The molecular weight excluding hydrogens is 384 g/mol. The number of carbonyl (C=O) groups is 2. The minimum atomic E-state index is -0.190. The average molecular weight is 401 g/mol. The molecule has 0 spiro atoms. The number of hydrogen-bond donors (Lipinski definition) is 2. The standard InChI is InChI=1S/C20H17ClN2O3S/c1-13(24)22-16-4-6-17(7-5-16)23-20(25)19-10-14(12-27-19)11-26-18-8-2-15(21)3-9-18/h2-10,12H,11H2,1H3,(H,22,24)(H,23,25). The van der Waals surface area contributed by atoms with Crippen LogP contribution in [0.1, 0.15) is 22.2 Å². The van der Waals surface area contributed by atoms with Crippen molar-refractivity contribution in [2.45, 2.75) is 13.5 Å². The Hall–Kier alpha value is -2.83. The zero-order valence-electron chi connectivity index (χ0n) is 14.5. The minimum absolute atomic E-state index is 0.140. The Bertz CT molecular complexity index is 937. The molecular formula is C20H17ClN2O3S. The molecule has 0 aliphatic carbocycles. The van der Waals surface area contributed by atoms with E-state index in [9.17, 15) is 9.59 Å². The Morgan fingerprint density at radius 2 is 1.63 bits per heavy atom. The molecule has 0 radical (unpaired) electrons. The zero-order valence-corrected chi connectivity index (χ0v) is 16.1. The highest BCUT2D eigenvalue weighted by Gasteiger charge is 2.10. The topological polar surface area (TPSA) is 67.4 Å². The van der Waals surface area contributed by atoms with Gasteiger partial charge in [-0.05, 0) is 60.0 Å². The molecule has 2 N–H and O–H groups in total. The van der Waals surface area contributed by atoms with Crippen LogP contribution in [0.25, 0.3) is 0 Å². The van der Waals surface area contributed by atoms with Crippen LogP contribution in [-0.2, 0) is 11.4 Å². The maximum atomic E-state index is 12.4. The first kappa shape index (κ1) is 18.9. The van der Waals surface area contributed by atoms with Gasteiger partial charge in [0.1, 0.15) is 12.4 Å². The van der Waals surface area contributed by atoms with E-state index >= 15 is 0 Å². The normalized spacial score (nSPS) is 10.3. The Balaban J connectivity index is 1.56. The predicted octanol–water partition coefficient (Wildman–Crippen LogP) is 5.19. The number of halogens is 1. The van der Waals surface area contributed by atoms with Crippen LogP contribution in [0.2, 0.25) is 5.02 Å². The summed E-state index contributed by atoms with van der Waals surface area (Å²) < 4.78 is 5.69. The largest absolute Gasteiger partial charge is 0.489 e. The van der Waals surface area contributed by atoms with Crippen LogP contribution in [0.3, 0.4) is 0 Å². The molecule has 7 heteroatoms. The Morgan fingerprint density at radius 3 is 2.26 bits per heavy atom. The first-order chi connectivity index (χ1) is 13.0. The van der Waals surface area contributed by atoms with Gasteiger partial charge in [-0.25, -0.2) is 0 Å². The lowest BCUT2D eigenvalue weighted by Crippen LogP contribution is -2.10. The van der Waals surface area contributed by atoms with Crippen LogP contribution in [0.15, 0.2) is 60.0 Å². The van der Waals surface area contributed by atoms with E-state index < -0.39 is 0 Å². The van der Waals surface area contributed by atoms with Gasteiger partial charge in [-0.3, -0.25) is 9.59 Å². The first-order valence-electron chi connectivity index (χ1n) is 8.14. The lowest BCUT2D eigenvalue weighted by molar-refractivity contribution is -0.114. The average Bonchev–Trinajstić information content (AvgIpc) is 3.12. The van der Waals surface area contributed by atoms with Crippen molar-refractivity contribution in [1.29, 1.82) is 0 Å². The minimum Gasteiger partial charge on any atom is -0.489 e. The smallest absolute Gasteiger partial charge is 0.265 e. The molecule has 3 aromatic rings. The van der Waals surface area contributed by atoms with E-state index in [4.69, 9.17) is 16.3 Å². The molecule has 0 bridgehead atoms. The van der Waals surface area contributed by atoms with E-state index in [0.29, 0.717) is 27.9 Å². The van der Waals surface area contributed by atoms with Crippen LogP contribution in [0, 0.1) is 0 Å². The summed E-state index contributed by atoms with van der Waals surface area (Å²) in [5, 5.41) is 8.06. The highest BCUT2D eigenvalue weighted by molar-refractivity contribution is 7.12. The fourth-order valence-electron chi connectivity index (χ4n) is 2.30. The second-order valence-electron chi connectivity index (χ2n) is 5.77. The number of nitrogens with one attached hydrogen (secondary N) is 2. The summed E-state index contributed by atoms with van der Waals surface area (Å²) in [5.74, 6) is 0.389. The highest BCUT2D eigenvalue weighted by atomic mass is 35.5. The summed E-state index contributed by atoms with van der Waals surface area (Å²) in [6.45, 7) is 1.82. The van der Waals surface area contributed by atoms with E-state index in [0.717, 1.165) is 11.3 Å². The van der Waals surface area contributed by atoms with E-state index in [1.807, 2.05) is 11.4 Å². The second kappa shape index (κ2) is 8.70. The number of hydrogen-bond acceptors (Lipinski definition) is 4. The molecule has 3 rings (SSSR count). The van der Waals surface area contributed by atoms with Crippen LogP contribution in [0.5, 0.6) is 5.75 Å². The number of carbonyl (C=O) groups excluding carboxylic acids is 2. The van der Waals surface area contributed by atoms with Gasteiger partial charge >= 0.3 is 0 Å². The monoisotopic (exact) mass is 400 g/mol. The maximum absolute atomic E-state index is 12.4. The number of ether oxygens (including phenoxy) is 1. The fourth-order valence-corrected chi connectivity index (χ4v) is 3.22. The molecule has 138 valence electrons. The van der Waals surface area contributed by atoms with Gasteiger partial charge in [0.05, 0.1) is 4.88 Å². The molecule has 2 aromatic carbocycles. The molecule has 0 aliphatic rings. The van der Waals surface area contributed by atoms with E-state index in [-0.39, 0.29) is 11.8 Å². The summed E-state index contributed by atoms with van der Waals surface area (Å²) >= 11 is 7.20. The van der Waals surface area contributed by atoms with Crippen molar-refractivity contribution in [2.75, 3.05) is 10.6 Å². The molecule has 1 heterocycles. The molecule has 0 aliphatic heterocycles. The van der Waals surface area contributed by atoms with Gasteiger partial charge in [0.15, 0.2) is 0 Å². The summed E-state index contributed by atoms with van der Waals surface area (Å²) in [5.41, 5.74) is 2.25. The summed E-state index contributed by atoms with van der Waals surface area (Å²) in [4.78, 5) is 24.0. The van der Waals surface area contributed by atoms with Crippen molar-refractivity contribution >= 4 is 46.1 Å². The number of benzene rings is 2. The van der Waals surface area contributed by atoms with Gasteiger partial charge in [-0.1, -0.05) is 11.6 Å². The third-order valence-corrected chi connectivity index (χ3v) is 4.79. The molecule has 0 saturated carbocycles. The number of rotatable bonds is 6. The lowest BCUT2D eigenvalue weighted by Gasteiger charge is -2.06. The van der Waals surface area contributed by atoms with Gasteiger partial charge in [0.25, 0.3) is 5.91 Å². The van der Waals surface area contributed by atoms with Crippen LogP contribution in [0.4, 0.5) is 11.4 Å². The molecule has 2 amide bonds. The van der Waals surface area contributed by atoms with Crippen LogP contribution >= 0.6 is 22.9 Å². The van der Waals surface area contributed by atoms with Crippen LogP contribution < -0.4 is 15.4 Å². The Kier molecular flexibility index (Phi) is 6.11. The summed E-state index contributed by atoms with van der Waals surface area (Å²) in [6, 6.07) is 15.9. The van der Waals surface area contributed by atoms with Gasteiger partial charge in [-0.15, -0.1) is 11.3 Å². The van der Waals surface area contributed by atoms with Gasteiger partial charge in [-0.2, -0.15) is 0 Å². The molecule has 27 heavy (non-hydrogen) atoms. The lowest BCUT2D eigenvalue weighted by atomic mass is 10.2. The number of thiophene rings is 1. The maximum Gasteiger partial charge on any atom is 0.265 e. The number of anilines is 2. The van der Waals surface area contributed by atoms with Crippen molar-refractivity contribution in [2.24, 2.45) is 0 Å². The first-order valence-corrected chi connectivity index (χ1v) is 9.40. The van der Waals surface area contributed by atoms with Gasteiger partial charge in [0, 0.05) is 28.9 Å². The van der Waals surface area contributed by atoms with Crippen LogP contribution in [-0.4, -0.2) is 11.8 Å². The van der Waals surface area contributed by atoms with Gasteiger partial charge in [0.2, 0.25) is 5.91 Å².